The Morgan fingerprint density at radius 1 is 0.912 bits per heavy atom. The van der Waals surface area contributed by atoms with Gasteiger partial charge in [-0.2, -0.15) is 0 Å². The number of rotatable bonds is 14. The Kier molecular flexibility index (Phi) is 11.7. The van der Waals surface area contributed by atoms with Crippen molar-refractivity contribution < 1.29 is 28.0 Å². The number of nitro groups is 1. The van der Waals surface area contributed by atoms with Gasteiger partial charge in [-0.05, 0) is 137 Å². The van der Waals surface area contributed by atoms with E-state index in [0.29, 0.717) is 42.9 Å². The van der Waals surface area contributed by atoms with Gasteiger partial charge in [0.15, 0.2) is 0 Å². The van der Waals surface area contributed by atoms with Gasteiger partial charge in [-0.3, -0.25) is 24.7 Å². The standard InChI is InChI=1S/C51H61N9O7S/c1-50(62)15-12-33(13-16-50)29-53-48-44(60(63)64)26-40(31-55-48)68(65,66)56-49(61)43-11-10-37(25-46(43)67-39-24-35-14-19-52-47(35)54-30-39)57-20-17-51(18-21-57)27-38(28-51)59-23-22-58(36-8-9-36)32-45(59)42-5-3-2-4-41(42)34-6-7-34/h2-5,10-11,14,19,24-26,30-31,33-34,36,38,45,62H,6-9,12-13,15-18,20-23,27-29,32H2,1H3,(H,52,54)(H,53,55)(H,56,61)/t33-,45-,50-/m1/s1. The predicted octanol–water partition coefficient (Wildman–Crippen LogP) is 8.28. The maximum atomic E-state index is 14.0. The molecule has 17 heteroatoms. The van der Waals surface area contributed by atoms with Gasteiger partial charge in [0.25, 0.3) is 15.9 Å². The van der Waals surface area contributed by atoms with Gasteiger partial charge in [-0.25, -0.2) is 23.1 Å². The van der Waals surface area contributed by atoms with Gasteiger partial charge < -0.3 is 25.0 Å². The predicted molar refractivity (Wildman–Crippen MR) is 259 cm³/mol. The zero-order chi connectivity index (χ0) is 46.8. The molecule has 6 fully saturated rings. The second-order valence-electron chi connectivity index (χ2n) is 20.9. The fraction of sp³-hybridized carbons (Fsp3) is 0.510. The summed E-state index contributed by atoms with van der Waals surface area (Å²) in [5.41, 5.74) is 3.65. The first-order valence-electron chi connectivity index (χ1n) is 24.6. The van der Waals surface area contributed by atoms with Crippen LogP contribution in [0.4, 0.5) is 17.2 Å². The monoisotopic (exact) mass is 943 g/mol. The smallest absolute Gasteiger partial charge is 0.312 e. The van der Waals surface area contributed by atoms with Crippen molar-refractivity contribution in [3.8, 4) is 11.5 Å². The summed E-state index contributed by atoms with van der Waals surface area (Å²) >= 11 is 0. The molecule has 2 aromatic carbocycles. The zero-order valence-corrected chi connectivity index (χ0v) is 39.4. The fourth-order valence-corrected chi connectivity index (χ4v) is 12.6. The van der Waals surface area contributed by atoms with Gasteiger partial charge in [-0.1, -0.05) is 24.3 Å². The van der Waals surface area contributed by atoms with Crippen molar-refractivity contribution in [2.45, 2.75) is 119 Å². The van der Waals surface area contributed by atoms with Gasteiger partial charge in [-0.15, -0.1) is 0 Å². The SMILES string of the molecule is C[C@]1(O)CC[C@H](CNc2ncc(S(=O)(=O)NC(=O)c3ccc(N4CCC5(CC4)CC(N4CCN(C6CC6)C[C@@H]4c4ccccc4C4CC4)C5)cc3Oc3cnc4[nH]ccc4c3)cc2[N+](=O)[O-])CC1. The topological polar surface area (TPSA) is 199 Å². The quantitative estimate of drug-likeness (QED) is 0.0613. The van der Waals surface area contributed by atoms with E-state index in [1.165, 1.54) is 38.5 Å². The number of aliphatic hydroxyl groups is 1. The highest BCUT2D eigenvalue weighted by molar-refractivity contribution is 7.90. The van der Waals surface area contributed by atoms with Gasteiger partial charge in [0.1, 0.15) is 22.0 Å². The van der Waals surface area contributed by atoms with E-state index in [0.717, 1.165) is 93.7 Å². The van der Waals surface area contributed by atoms with Crippen LogP contribution in [0.3, 0.4) is 0 Å². The first-order valence-corrected chi connectivity index (χ1v) is 26.0. The number of H-pyrrole nitrogens is 1. The summed E-state index contributed by atoms with van der Waals surface area (Å²) in [6, 6.07) is 20.8. The van der Waals surface area contributed by atoms with E-state index >= 15 is 0 Å². The van der Waals surface area contributed by atoms with Crippen LogP contribution in [0.15, 0.2) is 84.1 Å². The van der Waals surface area contributed by atoms with Crippen molar-refractivity contribution in [2.75, 3.05) is 49.5 Å². The number of pyridine rings is 2. The minimum Gasteiger partial charge on any atom is -0.455 e. The molecule has 4 aliphatic carbocycles. The lowest BCUT2D eigenvalue weighted by molar-refractivity contribution is -0.384. The molecule has 11 rings (SSSR count). The second kappa shape index (κ2) is 17.7. The number of ether oxygens (including phenoxy) is 1. The van der Waals surface area contributed by atoms with Crippen LogP contribution in [0.25, 0.3) is 11.0 Å². The Labute approximate surface area is 397 Å². The van der Waals surface area contributed by atoms with E-state index in [1.54, 1.807) is 48.6 Å². The largest absolute Gasteiger partial charge is 0.455 e. The van der Waals surface area contributed by atoms with Gasteiger partial charge in [0.2, 0.25) is 5.82 Å². The molecule has 5 aromatic rings. The highest BCUT2D eigenvalue weighted by Gasteiger charge is 2.51. The number of nitrogens with one attached hydrogen (secondary N) is 3. The number of hydrogen-bond acceptors (Lipinski definition) is 13. The first kappa shape index (κ1) is 44.9. The van der Waals surface area contributed by atoms with Crippen molar-refractivity contribution >= 4 is 44.2 Å². The molecule has 0 bridgehead atoms. The minimum absolute atomic E-state index is 0.0337. The number of carbonyl (C=O) groups is 1. The molecule has 5 heterocycles. The van der Waals surface area contributed by atoms with Gasteiger partial charge in [0, 0.05) is 86.8 Å². The van der Waals surface area contributed by atoms with Gasteiger partial charge >= 0.3 is 5.69 Å². The van der Waals surface area contributed by atoms with Crippen molar-refractivity contribution in [1.29, 1.82) is 0 Å². The molecule has 1 spiro atoms. The number of fused-ring (bicyclic) bond motifs is 1. The summed E-state index contributed by atoms with van der Waals surface area (Å²) in [7, 11) is -4.63. The van der Waals surface area contributed by atoms with Gasteiger partial charge in [0.05, 0.1) is 28.5 Å². The lowest BCUT2D eigenvalue weighted by Gasteiger charge is -2.58. The maximum absolute atomic E-state index is 14.0. The number of aromatic amines is 1. The molecular formula is C51H61N9O7S. The number of nitrogens with zero attached hydrogens (tertiary/aromatic N) is 6. The molecular weight excluding hydrogens is 883 g/mol. The van der Waals surface area contributed by atoms with E-state index in [4.69, 9.17) is 4.74 Å². The van der Waals surface area contributed by atoms with Crippen molar-refractivity contribution in [3.63, 3.8) is 0 Å². The molecule has 2 aliphatic heterocycles. The molecule has 2 saturated heterocycles. The number of benzene rings is 2. The number of piperazine rings is 1. The molecule has 3 aromatic heterocycles. The Morgan fingerprint density at radius 3 is 2.41 bits per heavy atom. The van der Waals surface area contributed by atoms with Crippen molar-refractivity contribution in [1.82, 2.24) is 29.5 Å². The van der Waals surface area contributed by atoms with E-state index < -0.39 is 37.0 Å². The van der Waals surface area contributed by atoms with Crippen LogP contribution in [0.2, 0.25) is 0 Å². The second-order valence-corrected chi connectivity index (χ2v) is 22.5. The Morgan fingerprint density at radius 2 is 1.68 bits per heavy atom. The molecule has 358 valence electrons. The normalized spacial score (nSPS) is 24.7. The van der Waals surface area contributed by atoms with Crippen LogP contribution in [0.1, 0.15) is 117 Å². The van der Waals surface area contributed by atoms with Crippen molar-refractivity contribution in [2.24, 2.45) is 11.3 Å². The lowest BCUT2D eigenvalue weighted by Crippen LogP contribution is -2.60. The maximum Gasteiger partial charge on any atom is 0.312 e. The first-order chi connectivity index (χ1) is 32.8. The minimum atomic E-state index is -4.63. The number of aromatic nitrogens is 3. The molecule has 16 nitrogen and oxygen atoms in total. The molecule has 4 saturated carbocycles. The molecule has 4 N–H and O–H groups in total. The van der Waals surface area contributed by atoms with Crippen LogP contribution in [-0.2, 0) is 10.0 Å². The van der Waals surface area contributed by atoms with Crippen molar-refractivity contribution in [3.05, 3.63) is 106 Å². The zero-order valence-electron chi connectivity index (χ0n) is 38.6. The summed E-state index contributed by atoms with van der Waals surface area (Å²) in [6.07, 6.45) is 16.8. The summed E-state index contributed by atoms with van der Waals surface area (Å²) in [4.78, 5) is 44.5. The fourth-order valence-electron chi connectivity index (χ4n) is 11.6. The molecule has 0 radical (unpaired) electrons. The summed E-state index contributed by atoms with van der Waals surface area (Å²) in [5, 5.41) is 26.3. The van der Waals surface area contributed by atoms with E-state index in [9.17, 15) is 28.4 Å². The number of piperidine rings is 1. The third-order valence-corrected chi connectivity index (χ3v) is 17.3. The Balaban J connectivity index is 0.784. The lowest BCUT2D eigenvalue weighted by atomic mass is 9.59. The Hall–Kier alpha value is -5.62. The summed E-state index contributed by atoms with van der Waals surface area (Å²) in [6.45, 7) is 7.27. The number of amides is 1. The third kappa shape index (κ3) is 9.29. The number of carbonyl (C=O) groups excluding carboxylic acids is 1. The average Bonchev–Trinajstić information content (AvgIpc) is 4.28. The van der Waals surface area contributed by atoms with Crippen LogP contribution in [0.5, 0.6) is 11.5 Å². The number of sulfonamides is 1. The third-order valence-electron chi connectivity index (χ3n) is 16.0. The molecule has 1 amide bonds. The van der Waals surface area contributed by atoms with Crippen LogP contribution >= 0.6 is 0 Å². The molecule has 6 aliphatic rings. The summed E-state index contributed by atoms with van der Waals surface area (Å²) in [5.74, 6) is 0.361. The average molecular weight is 944 g/mol. The van der Waals surface area contributed by atoms with Crippen LogP contribution in [0, 0.1) is 21.4 Å². The van der Waals surface area contributed by atoms with Crippen LogP contribution < -0.4 is 19.7 Å². The molecule has 1 atom stereocenters. The molecule has 0 unspecified atom stereocenters. The van der Waals surface area contributed by atoms with E-state index in [2.05, 4.69) is 64.0 Å². The van der Waals surface area contributed by atoms with E-state index in [1.807, 2.05) is 12.1 Å². The van der Waals surface area contributed by atoms with Crippen LogP contribution in [-0.4, -0.2) is 106 Å². The molecule has 68 heavy (non-hydrogen) atoms. The summed E-state index contributed by atoms with van der Waals surface area (Å²) < 4.78 is 36.0. The van der Waals surface area contributed by atoms with E-state index in [-0.39, 0.29) is 28.5 Å². The number of anilines is 2. The Bertz CT molecular complexity index is 2820. The highest BCUT2D eigenvalue weighted by atomic mass is 32.2. The number of hydrogen-bond donors (Lipinski definition) is 4. The highest BCUT2D eigenvalue weighted by Crippen LogP contribution is 2.54.